The third-order valence-electron chi connectivity index (χ3n) is 3.75. The van der Waals surface area contributed by atoms with Crippen LogP contribution in [0.4, 0.5) is 0 Å². The molecule has 0 aliphatic rings. The Kier molecular flexibility index (Phi) is 4.63. The fourth-order valence-corrected chi connectivity index (χ4v) is 2.66. The first-order valence-corrected chi connectivity index (χ1v) is 7.81. The van der Waals surface area contributed by atoms with Gasteiger partial charge in [-0.05, 0) is 31.2 Å². The van der Waals surface area contributed by atoms with Gasteiger partial charge in [0, 0.05) is 16.0 Å². The molecule has 3 aromatic rings. The van der Waals surface area contributed by atoms with E-state index in [0.29, 0.717) is 21.9 Å². The van der Waals surface area contributed by atoms with Gasteiger partial charge in [-0.15, -0.1) is 0 Å². The van der Waals surface area contributed by atoms with Gasteiger partial charge in [-0.25, -0.2) is 0 Å². The number of aryl methyl sites for hydroxylation is 1. The van der Waals surface area contributed by atoms with E-state index in [1.165, 1.54) is 13.2 Å². The number of ether oxygens (including phenoxy) is 1. The highest BCUT2D eigenvalue weighted by Gasteiger charge is 2.19. The lowest BCUT2D eigenvalue weighted by Gasteiger charge is -2.10. The van der Waals surface area contributed by atoms with Crippen LogP contribution in [0.1, 0.15) is 26.5 Å². The van der Waals surface area contributed by atoms with E-state index >= 15 is 0 Å². The topological polar surface area (TPSA) is 80.6 Å². The van der Waals surface area contributed by atoms with Crippen molar-refractivity contribution in [3.05, 3.63) is 64.4 Å². The molecule has 0 fully saturated rings. The highest BCUT2D eigenvalue weighted by Crippen LogP contribution is 2.25. The van der Waals surface area contributed by atoms with Crippen LogP contribution in [0.25, 0.3) is 11.0 Å². The zero-order valence-corrected chi connectivity index (χ0v) is 14.3. The quantitative estimate of drug-likeness (QED) is 0.702. The first kappa shape index (κ1) is 16.9. The minimum atomic E-state index is -0.554. The second-order valence-electron chi connectivity index (χ2n) is 5.31. The van der Waals surface area contributed by atoms with E-state index in [0.717, 1.165) is 5.39 Å². The Labute approximate surface area is 148 Å². The minimum absolute atomic E-state index is 0.138. The molecule has 0 bridgehead atoms. The molecule has 2 amide bonds. The average Bonchev–Trinajstić information content (AvgIpc) is 2.96. The highest BCUT2D eigenvalue weighted by atomic mass is 35.5. The van der Waals surface area contributed by atoms with E-state index in [-0.39, 0.29) is 11.3 Å². The summed E-state index contributed by atoms with van der Waals surface area (Å²) < 4.78 is 10.7. The molecule has 7 heteroatoms. The van der Waals surface area contributed by atoms with Crippen molar-refractivity contribution < 1.29 is 18.7 Å². The van der Waals surface area contributed by atoms with Crippen molar-refractivity contribution in [2.45, 2.75) is 6.92 Å². The monoisotopic (exact) mass is 358 g/mol. The van der Waals surface area contributed by atoms with Crippen LogP contribution in [0, 0.1) is 6.92 Å². The zero-order chi connectivity index (χ0) is 18.0. The molecule has 0 aliphatic heterocycles. The van der Waals surface area contributed by atoms with Gasteiger partial charge in [-0.2, -0.15) is 0 Å². The molecule has 2 N–H and O–H groups in total. The van der Waals surface area contributed by atoms with E-state index in [4.69, 9.17) is 20.8 Å². The van der Waals surface area contributed by atoms with Crippen LogP contribution in [0.5, 0.6) is 5.75 Å². The van der Waals surface area contributed by atoms with Gasteiger partial charge >= 0.3 is 5.91 Å². The predicted octanol–water partition coefficient (Wildman–Crippen LogP) is 3.48. The number of hydrogen-bond acceptors (Lipinski definition) is 4. The maximum Gasteiger partial charge on any atom is 0.305 e. The number of methoxy groups -OCH3 is 1. The summed E-state index contributed by atoms with van der Waals surface area (Å²) in [5.41, 5.74) is 6.18. The molecule has 6 nitrogen and oxygen atoms in total. The van der Waals surface area contributed by atoms with Gasteiger partial charge in [0.1, 0.15) is 11.3 Å². The third kappa shape index (κ3) is 3.29. The minimum Gasteiger partial charge on any atom is -0.496 e. The molecule has 2 aromatic carbocycles. The van der Waals surface area contributed by atoms with Crippen molar-refractivity contribution in [1.82, 2.24) is 10.9 Å². The lowest BCUT2D eigenvalue weighted by Crippen LogP contribution is -2.41. The van der Waals surface area contributed by atoms with Crippen molar-refractivity contribution in [3.8, 4) is 5.75 Å². The zero-order valence-electron chi connectivity index (χ0n) is 13.6. The number of furan rings is 1. The van der Waals surface area contributed by atoms with Gasteiger partial charge in [-0.3, -0.25) is 20.4 Å². The fourth-order valence-electron chi connectivity index (χ4n) is 2.49. The van der Waals surface area contributed by atoms with Crippen LogP contribution in [-0.2, 0) is 0 Å². The van der Waals surface area contributed by atoms with Gasteiger partial charge in [0.15, 0.2) is 5.76 Å². The van der Waals surface area contributed by atoms with Crippen molar-refractivity contribution in [1.29, 1.82) is 0 Å². The maximum atomic E-state index is 12.3. The van der Waals surface area contributed by atoms with Crippen LogP contribution in [0.15, 0.2) is 46.9 Å². The molecule has 0 atom stereocenters. The number of hydrazine groups is 1. The largest absolute Gasteiger partial charge is 0.496 e. The van der Waals surface area contributed by atoms with Crippen LogP contribution in [0.3, 0.4) is 0 Å². The average molecular weight is 359 g/mol. The summed E-state index contributed by atoms with van der Waals surface area (Å²) in [6, 6.07) is 11.9. The second kappa shape index (κ2) is 6.86. The van der Waals surface area contributed by atoms with Crippen molar-refractivity contribution in [2.75, 3.05) is 7.11 Å². The summed E-state index contributed by atoms with van der Waals surface area (Å²) in [4.78, 5) is 24.6. The molecule has 0 spiro atoms. The SMILES string of the molecule is COc1ccc(Cl)cc1C(=O)NNC(=O)c1oc2ccccc2c1C. The lowest BCUT2D eigenvalue weighted by atomic mass is 10.1. The standard InChI is InChI=1S/C18H15ClN2O4/c1-10-12-5-3-4-6-15(12)25-16(10)18(23)21-20-17(22)13-9-11(19)7-8-14(13)24-2/h3-9H,1-2H3,(H,20,22)(H,21,23). The number of halogens is 1. The van der Waals surface area contributed by atoms with Gasteiger partial charge in [-0.1, -0.05) is 29.8 Å². The van der Waals surface area contributed by atoms with Crippen LogP contribution in [0.2, 0.25) is 5.02 Å². The smallest absolute Gasteiger partial charge is 0.305 e. The van der Waals surface area contributed by atoms with Crippen molar-refractivity contribution in [2.24, 2.45) is 0 Å². The summed E-state index contributed by atoms with van der Waals surface area (Å²) in [5.74, 6) is -0.625. The molecular weight excluding hydrogens is 344 g/mol. The summed E-state index contributed by atoms with van der Waals surface area (Å²) in [5, 5.41) is 1.22. The Balaban J connectivity index is 1.77. The third-order valence-corrected chi connectivity index (χ3v) is 3.98. The molecule has 1 heterocycles. The van der Waals surface area contributed by atoms with Crippen LogP contribution in [-0.4, -0.2) is 18.9 Å². The number of rotatable bonds is 3. The predicted molar refractivity (Wildman–Crippen MR) is 93.9 cm³/mol. The Morgan fingerprint density at radius 3 is 2.52 bits per heavy atom. The molecule has 1 aromatic heterocycles. The number of carbonyl (C=O) groups excluding carboxylic acids is 2. The van der Waals surface area contributed by atoms with Gasteiger partial charge in [0.25, 0.3) is 5.91 Å². The van der Waals surface area contributed by atoms with E-state index < -0.39 is 11.8 Å². The van der Waals surface area contributed by atoms with Crippen LogP contribution < -0.4 is 15.6 Å². The molecule has 0 saturated carbocycles. The van der Waals surface area contributed by atoms with Gasteiger partial charge < -0.3 is 9.15 Å². The molecule has 128 valence electrons. The normalized spacial score (nSPS) is 10.5. The Morgan fingerprint density at radius 1 is 1.08 bits per heavy atom. The first-order valence-electron chi connectivity index (χ1n) is 7.43. The van der Waals surface area contributed by atoms with Crippen molar-refractivity contribution in [3.63, 3.8) is 0 Å². The lowest BCUT2D eigenvalue weighted by molar-refractivity contribution is 0.0830. The number of fused-ring (bicyclic) bond motifs is 1. The number of hydrogen-bond donors (Lipinski definition) is 2. The van der Waals surface area contributed by atoms with Gasteiger partial charge in [0.2, 0.25) is 0 Å². The summed E-state index contributed by atoms with van der Waals surface area (Å²) in [6.45, 7) is 1.78. The maximum absolute atomic E-state index is 12.3. The molecule has 25 heavy (non-hydrogen) atoms. The molecule has 3 rings (SSSR count). The van der Waals surface area contributed by atoms with Gasteiger partial charge in [0.05, 0.1) is 12.7 Å². The van der Waals surface area contributed by atoms with E-state index in [1.807, 2.05) is 18.2 Å². The number of amides is 2. The molecular formula is C18H15ClN2O4. The second-order valence-corrected chi connectivity index (χ2v) is 5.74. The fraction of sp³-hybridized carbons (Fsp3) is 0.111. The van der Waals surface area contributed by atoms with E-state index in [9.17, 15) is 9.59 Å². The highest BCUT2D eigenvalue weighted by molar-refractivity contribution is 6.31. The molecule has 0 aliphatic carbocycles. The number of carbonyl (C=O) groups is 2. The number of para-hydroxylation sites is 1. The number of benzene rings is 2. The first-order chi connectivity index (χ1) is 12.0. The Hall–Kier alpha value is -2.99. The van der Waals surface area contributed by atoms with E-state index in [2.05, 4.69) is 10.9 Å². The Morgan fingerprint density at radius 2 is 1.80 bits per heavy atom. The number of nitrogens with one attached hydrogen (secondary N) is 2. The molecule has 0 unspecified atom stereocenters. The summed E-state index contributed by atoms with van der Waals surface area (Å²) in [6.07, 6.45) is 0. The van der Waals surface area contributed by atoms with E-state index in [1.54, 1.807) is 25.1 Å². The Bertz CT molecular complexity index is 965. The molecule has 0 radical (unpaired) electrons. The summed E-state index contributed by atoms with van der Waals surface area (Å²) in [7, 11) is 1.44. The van der Waals surface area contributed by atoms with Crippen LogP contribution >= 0.6 is 11.6 Å². The molecule has 0 saturated heterocycles. The van der Waals surface area contributed by atoms with Crippen molar-refractivity contribution >= 4 is 34.4 Å². The summed E-state index contributed by atoms with van der Waals surface area (Å²) >= 11 is 5.90.